The lowest BCUT2D eigenvalue weighted by atomic mass is 9.94. The summed E-state index contributed by atoms with van der Waals surface area (Å²) >= 11 is 0. The highest BCUT2D eigenvalue weighted by atomic mass is 16.5. The number of likely N-dealkylation sites (tertiary alicyclic amines) is 1. The zero-order valence-electron chi connectivity index (χ0n) is 20.2. The number of piperidine rings is 1. The maximum atomic E-state index is 11.5. The number of phenolic OH excluding ortho intramolecular Hbond substituents is 1. The van der Waals surface area contributed by atoms with Gasteiger partial charge in [-0.05, 0) is 80.9 Å². The van der Waals surface area contributed by atoms with Crippen molar-refractivity contribution in [3.8, 4) is 22.6 Å². The normalized spacial score (nSPS) is 19.3. The molecule has 2 aliphatic rings. The summed E-state index contributed by atoms with van der Waals surface area (Å²) in [6, 6.07) is 10.6. The summed E-state index contributed by atoms with van der Waals surface area (Å²) in [6.07, 6.45) is 9.51. The molecule has 5 nitrogen and oxygen atoms in total. The number of hydrogen-bond donors (Lipinski definition) is 2. The van der Waals surface area contributed by atoms with Crippen LogP contribution in [0.4, 0.5) is 0 Å². The van der Waals surface area contributed by atoms with Crippen LogP contribution in [0.3, 0.4) is 0 Å². The summed E-state index contributed by atoms with van der Waals surface area (Å²) in [5.74, 6) is 1.09. The third kappa shape index (κ3) is 6.09. The monoisotopic (exact) mass is 462 g/mol. The Hall–Kier alpha value is -2.60. The van der Waals surface area contributed by atoms with Crippen LogP contribution in [-0.4, -0.2) is 48.5 Å². The van der Waals surface area contributed by atoms with Gasteiger partial charge in [-0.1, -0.05) is 24.3 Å². The number of allylic oxidation sites excluding steroid dienone is 2. The van der Waals surface area contributed by atoms with Crippen molar-refractivity contribution in [3.63, 3.8) is 0 Å². The highest BCUT2D eigenvalue weighted by Crippen LogP contribution is 2.40. The molecule has 1 atom stereocenters. The lowest BCUT2D eigenvalue weighted by Gasteiger charge is -2.30. The van der Waals surface area contributed by atoms with Gasteiger partial charge in [0.15, 0.2) is 0 Å². The van der Waals surface area contributed by atoms with Gasteiger partial charge in [-0.15, -0.1) is 13.2 Å². The van der Waals surface area contributed by atoms with Gasteiger partial charge in [-0.3, -0.25) is 4.90 Å². The molecule has 2 aromatic rings. The van der Waals surface area contributed by atoms with Gasteiger partial charge in [-0.25, -0.2) is 0 Å². The van der Waals surface area contributed by atoms with E-state index in [0.29, 0.717) is 18.9 Å². The van der Waals surface area contributed by atoms with E-state index in [1.54, 1.807) is 0 Å². The van der Waals surface area contributed by atoms with Gasteiger partial charge < -0.3 is 20.3 Å². The van der Waals surface area contributed by atoms with Crippen LogP contribution in [0, 0.1) is 0 Å². The number of aromatic hydroxyl groups is 1. The molecule has 182 valence electrons. The van der Waals surface area contributed by atoms with Crippen LogP contribution in [-0.2, 0) is 24.1 Å². The second-order valence-corrected chi connectivity index (χ2v) is 9.53. The summed E-state index contributed by atoms with van der Waals surface area (Å²) < 4.78 is 12.0. The van der Waals surface area contributed by atoms with Crippen LogP contribution in [0.5, 0.6) is 11.5 Å². The summed E-state index contributed by atoms with van der Waals surface area (Å²) in [4.78, 5) is 2.38. The fourth-order valence-corrected chi connectivity index (χ4v) is 4.89. The van der Waals surface area contributed by atoms with Gasteiger partial charge in [-0.2, -0.15) is 0 Å². The van der Waals surface area contributed by atoms with Gasteiger partial charge in [0.2, 0.25) is 0 Å². The molecule has 0 amide bonds. The summed E-state index contributed by atoms with van der Waals surface area (Å²) in [5.41, 5.74) is 11.0. The third-order valence-corrected chi connectivity index (χ3v) is 6.82. The van der Waals surface area contributed by atoms with Gasteiger partial charge in [0.1, 0.15) is 18.1 Å². The van der Waals surface area contributed by atoms with Crippen LogP contribution in [0.1, 0.15) is 42.4 Å². The number of hydrogen-bond acceptors (Lipinski definition) is 5. The fraction of sp³-hybridized carbons (Fsp3) is 0.448. The largest absolute Gasteiger partial charge is 0.507 e. The molecule has 5 heteroatoms. The zero-order chi connectivity index (χ0) is 23.9. The second kappa shape index (κ2) is 11.7. The Kier molecular flexibility index (Phi) is 8.44. The molecule has 2 saturated heterocycles. The Labute approximate surface area is 203 Å². The van der Waals surface area contributed by atoms with Gasteiger partial charge in [0.25, 0.3) is 0 Å². The molecule has 3 N–H and O–H groups in total. The summed E-state index contributed by atoms with van der Waals surface area (Å²) in [7, 11) is 0. The molecule has 0 spiro atoms. The summed E-state index contributed by atoms with van der Waals surface area (Å²) in [6.45, 7) is 11.7. The van der Waals surface area contributed by atoms with E-state index in [9.17, 15) is 5.11 Å². The van der Waals surface area contributed by atoms with Gasteiger partial charge in [0, 0.05) is 35.9 Å². The van der Waals surface area contributed by atoms with Crippen molar-refractivity contribution in [2.75, 3.05) is 26.3 Å². The van der Waals surface area contributed by atoms with E-state index in [0.717, 1.165) is 91.8 Å². The molecule has 4 rings (SSSR count). The molecule has 2 heterocycles. The van der Waals surface area contributed by atoms with Gasteiger partial charge >= 0.3 is 0 Å². The quantitative estimate of drug-likeness (QED) is 0.487. The van der Waals surface area contributed by atoms with Crippen LogP contribution in [0.2, 0.25) is 0 Å². The molecule has 1 unspecified atom stereocenters. The molecule has 34 heavy (non-hydrogen) atoms. The third-order valence-electron chi connectivity index (χ3n) is 6.82. The topological polar surface area (TPSA) is 68.0 Å². The predicted molar refractivity (Wildman–Crippen MR) is 138 cm³/mol. The molecule has 0 aromatic heterocycles. The van der Waals surface area contributed by atoms with E-state index in [2.05, 4.69) is 42.3 Å². The average molecular weight is 463 g/mol. The van der Waals surface area contributed by atoms with Crippen molar-refractivity contribution >= 4 is 0 Å². The van der Waals surface area contributed by atoms with Crippen molar-refractivity contribution < 1.29 is 14.6 Å². The smallest absolute Gasteiger partial charge is 0.128 e. The first kappa shape index (κ1) is 24.5. The van der Waals surface area contributed by atoms with E-state index in [1.807, 2.05) is 18.2 Å². The molecular weight excluding hydrogens is 424 g/mol. The van der Waals surface area contributed by atoms with Gasteiger partial charge in [0.05, 0.1) is 6.10 Å². The minimum atomic E-state index is 0.127. The molecule has 0 radical (unpaired) electrons. The average Bonchev–Trinajstić information content (AvgIpc) is 3.36. The van der Waals surface area contributed by atoms with Crippen molar-refractivity contribution in [1.82, 2.24) is 4.90 Å². The number of nitrogens with two attached hydrogens (primary N) is 1. The second-order valence-electron chi connectivity index (χ2n) is 9.53. The van der Waals surface area contributed by atoms with E-state index in [1.165, 1.54) is 0 Å². The zero-order valence-corrected chi connectivity index (χ0v) is 20.2. The van der Waals surface area contributed by atoms with Crippen molar-refractivity contribution in [2.24, 2.45) is 5.73 Å². The van der Waals surface area contributed by atoms with Crippen molar-refractivity contribution in [3.05, 3.63) is 72.3 Å². The number of nitrogens with zero attached hydrogens (tertiary/aromatic N) is 1. The molecule has 2 fully saturated rings. The number of ether oxygens (including phenoxy) is 2. The Bertz CT molecular complexity index is 989. The lowest BCUT2D eigenvalue weighted by Crippen LogP contribution is -2.39. The first-order valence-corrected chi connectivity index (χ1v) is 12.5. The Morgan fingerprint density at radius 2 is 1.76 bits per heavy atom. The standard InChI is InChI=1S/C29H38N2O3/c1-3-6-21-9-10-28(34-20-25-8-5-15-33-25)26(17-21)27-18-22(7-4-2)16-23(29(27)32)19-31-13-11-24(30)12-14-31/h3-4,9-10,16-18,24-25,32H,1-2,5-8,11-15,19-20,30H2. The van der Waals surface area contributed by atoms with Crippen molar-refractivity contribution in [1.29, 1.82) is 0 Å². The number of rotatable bonds is 10. The number of phenols is 1. The maximum Gasteiger partial charge on any atom is 0.128 e. The van der Waals surface area contributed by atoms with E-state index < -0.39 is 0 Å². The first-order chi connectivity index (χ1) is 16.6. The maximum absolute atomic E-state index is 11.5. The predicted octanol–water partition coefficient (Wildman–Crippen LogP) is 5.00. The Morgan fingerprint density at radius 3 is 2.47 bits per heavy atom. The van der Waals surface area contributed by atoms with Crippen molar-refractivity contribution in [2.45, 2.75) is 57.2 Å². The highest BCUT2D eigenvalue weighted by Gasteiger charge is 2.22. The van der Waals surface area contributed by atoms with E-state index in [-0.39, 0.29) is 12.1 Å². The molecule has 0 saturated carbocycles. The van der Waals surface area contributed by atoms with E-state index in [4.69, 9.17) is 15.2 Å². The Balaban J connectivity index is 1.69. The molecule has 0 aliphatic carbocycles. The fourth-order valence-electron chi connectivity index (χ4n) is 4.89. The molecule has 2 aromatic carbocycles. The SMILES string of the molecule is C=CCc1ccc(OCC2CCCO2)c(-c2cc(CC=C)cc(CN3CCC(N)CC3)c2O)c1. The highest BCUT2D eigenvalue weighted by molar-refractivity contribution is 5.78. The molecular formula is C29H38N2O3. The molecule has 2 aliphatic heterocycles. The minimum Gasteiger partial charge on any atom is -0.507 e. The van der Waals surface area contributed by atoms with E-state index >= 15 is 0 Å². The van der Waals surface area contributed by atoms with Crippen LogP contribution >= 0.6 is 0 Å². The lowest BCUT2D eigenvalue weighted by molar-refractivity contribution is 0.0681. The first-order valence-electron chi connectivity index (χ1n) is 12.5. The van der Waals surface area contributed by atoms with Crippen LogP contribution in [0.15, 0.2) is 55.6 Å². The molecule has 0 bridgehead atoms. The van der Waals surface area contributed by atoms with Crippen LogP contribution in [0.25, 0.3) is 11.1 Å². The minimum absolute atomic E-state index is 0.127. The summed E-state index contributed by atoms with van der Waals surface area (Å²) in [5, 5.41) is 11.5. The number of benzene rings is 2. The van der Waals surface area contributed by atoms with Crippen LogP contribution < -0.4 is 10.5 Å². The Morgan fingerprint density at radius 1 is 1.03 bits per heavy atom.